The maximum absolute atomic E-state index is 14.6. The molecule has 1 amide bonds. The van der Waals surface area contributed by atoms with Gasteiger partial charge in [-0.25, -0.2) is 22.5 Å². The van der Waals surface area contributed by atoms with Gasteiger partial charge in [0, 0.05) is 23.3 Å². The first-order valence-corrected chi connectivity index (χ1v) is 13.5. The first-order valence-electron chi connectivity index (χ1n) is 10.9. The second-order valence-corrected chi connectivity index (χ2v) is 12.9. The van der Waals surface area contributed by atoms with Crippen molar-refractivity contribution < 1.29 is 27.4 Å². The Kier molecular flexibility index (Phi) is 7.59. The van der Waals surface area contributed by atoms with Gasteiger partial charge in [-0.2, -0.15) is 0 Å². The largest absolute Gasteiger partial charge is 0.443 e. The summed E-state index contributed by atoms with van der Waals surface area (Å²) < 4.78 is 49.6. The van der Waals surface area contributed by atoms with Crippen LogP contribution in [0.5, 0.6) is 0 Å². The Morgan fingerprint density at radius 1 is 1.31 bits per heavy atom. The molecule has 0 saturated heterocycles. The van der Waals surface area contributed by atoms with E-state index in [1.165, 1.54) is 7.05 Å². The molecule has 2 aromatic rings. The van der Waals surface area contributed by atoms with E-state index in [0.717, 1.165) is 19.1 Å². The average Bonchev–Trinajstić information content (AvgIpc) is 3.50. The van der Waals surface area contributed by atoms with Crippen molar-refractivity contribution in [1.29, 1.82) is 0 Å². The third-order valence-electron chi connectivity index (χ3n) is 5.72. The maximum Gasteiger partial charge on any atom is 0.420 e. The molecule has 0 radical (unpaired) electrons. The standard InChI is InChI=1S/C23H29FIN3O6S/c1-14-12-15(25)6-7-18(14)28(21(31)34-22(2,3)4)19-17(13-16(24)20(30)27(19)5)26-35(32,33)23(8-9-23)10-11-29/h6-7,12-13,26,29H,8-11H2,1-5H3. The van der Waals surface area contributed by atoms with Crippen LogP contribution in [0.4, 0.5) is 26.4 Å². The first kappa shape index (κ1) is 27.4. The molecule has 0 bridgehead atoms. The number of halogens is 2. The van der Waals surface area contributed by atoms with Crippen LogP contribution in [0.25, 0.3) is 0 Å². The predicted molar refractivity (Wildman–Crippen MR) is 140 cm³/mol. The van der Waals surface area contributed by atoms with E-state index in [1.54, 1.807) is 45.9 Å². The summed E-state index contributed by atoms with van der Waals surface area (Å²) in [6, 6.07) is 5.95. The Labute approximate surface area is 217 Å². The van der Waals surface area contributed by atoms with Crippen molar-refractivity contribution in [2.75, 3.05) is 16.2 Å². The van der Waals surface area contributed by atoms with Crippen LogP contribution < -0.4 is 15.2 Å². The van der Waals surface area contributed by atoms with E-state index >= 15 is 0 Å². The van der Waals surface area contributed by atoms with Gasteiger partial charge < -0.3 is 9.84 Å². The molecule has 9 nitrogen and oxygen atoms in total. The fraction of sp³-hybridized carbons (Fsp3) is 0.478. The summed E-state index contributed by atoms with van der Waals surface area (Å²) in [5.74, 6) is -1.39. The molecule has 192 valence electrons. The summed E-state index contributed by atoms with van der Waals surface area (Å²) in [6.07, 6.45) is -0.199. The third-order valence-corrected chi connectivity index (χ3v) is 8.63. The lowest BCUT2D eigenvalue weighted by Crippen LogP contribution is -2.39. The molecule has 1 saturated carbocycles. The van der Waals surface area contributed by atoms with Gasteiger partial charge in [0.15, 0.2) is 5.82 Å². The Balaban J connectivity index is 2.27. The van der Waals surface area contributed by atoms with Crippen LogP contribution in [-0.2, 0) is 21.8 Å². The minimum atomic E-state index is -4.10. The summed E-state index contributed by atoms with van der Waals surface area (Å²) in [4.78, 5) is 27.1. The van der Waals surface area contributed by atoms with E-state index in [9.17, 15) is 27.5 Å². The number of nitrogens with zero attached hydrogens (tertiary/aromatic N) is 2. The predicted octanol–water partition coefficient (Wildman–Crippen LogP) is 4.17. The highest BCUT2D eigenvalue weighted by atomic mass is 127. The van der Waals surface area contributed by atoms with Crippen LogP contribution >= 0.6 is 22.6 Å². The van der Waals surface area contributed by atoms with E-state index in [-0.39, 0.29) is 24.5 Å². The minimum Gasteiger partial charge on any atom is -0.443 e. The molecule has 0 spiro atoms. The van der Waals surface area contributed by atoms with Gasteiger partial charge >= 0.3 is 6.09 Å². The van der Waals surface area contributed by atoms with Gasteiger partial charge in [0.2, 0.25) is 10.0 Å². The number of benzene rings is 1. The second kappa shape index (κ2) is 9.69. The normalized spacial score (nSPS) is 15.0. The topological polar surface area (TPSA) is 118 Å². The fourth-order valence-electron chi connectivity index (χ4n) is 3.76. The molecule has 0 atom stereocenters. The number of aryl methyl sites for hydroxylation is 1. The number of nitrogens with one attached hydrogen (secondary N) is 1. The van der Waals surface area contributed by atoms with Crippen molar-refractivity contribution >= 4 is 55.9 Å². The molecular weight excluding hydrogens is 592 g/mol. The molecule has 0 unspecified atom stereocenters. The third kappa shape index (κ3) is 5.64. The van der Waals surface area contributed by atoms with E-state index in [2.05, 4.69) is 27.3 Å². The van der Waals surface area contributed by atoms with E-state index in [1.807, 2.05) is 0 Å². The van der Waals surface area contributed by atoms with Crippen LogP contribution in [0, 0.1) is 16.3 Å². The minimum absolute atomic E-state index is 0.0118. The van der Waals surface area contributed by atoms with Crippen LogP contribution in [0.15, 0.2) is 29.1 Å². The molecule has 0 aliphatic heterocycles. The monoisotopic (exact) mass is 621 g/mol. The first-order chi connectivity index (χ1) is 16.1. The SMILES string of the molecule is Cc1cc(I)ccc1N(C(=O)OC(C)(C)C)c1c(NS(=O)(=O)C2(CCO)CC2)cc(F)c(=O)n1C. The quantitative estimate of drug-likeness (QED) is 0.449. The highest BCUT2D eigenvalue weighted by Gasteiger charge is 2.54. The van der Waals surface area contributed by atoms with Crippen molar-refractivity contribution in [2.45, 2.75) is 57.3 Å². The van der Waals surface area contributed by atoms with Crippen LogP contribution in [0.3, 0.4) is 0 Å². The van der Waals surface area contributed by atoms with Gasteiger partial charge in [0.05, 0.1) is 16.1 Å². The van der Waals surface area contributed by atoms with Gasteiger partial charge in [0.25, 0.3) is 5.56 Å². The van der Waals surface area contributed by atoms with Crippen LogP contribution in [0.1, 0.15) is 45.6 Å². The molecule has 1 aliphatic carbocycles. The lowest BCUT2D eigenvalue weighted by atomic mass is 10.1. The highest BCUT2D eigenvalue weighted by Crippen LogP contribution is 2.47. The van der Waals surface area contributed by atoms with Gasteiger partial charge in [-0.1, -0.05) is 0 Å². The van der Waals surface area contributed by atoms with Gasteiger partial charge in [0.1, 0.15) is 11.4 Å². The zero-order chi connectivity index (χ0) is 26.3. The number of ether oxygens (including phenoxy) is 1. The Morgan fingerprint density at radius 2 is 1.94 bits per heavy atom. The molecule has 12 heteroatoms. The number of carbonyl (C=O) groups is 1. The molecule has 1 aliphatic rings. The Hall–Kier alpha value is -2.19. The average molecular weight is 621 g/mol. The number of carbonyl (C=O) groups excluding carboxylic acids is 1. The summed E-state index contributed by atoms with van der Waals surface area (Å²) in [6.45, 7) is 6.43. The molecule has 1 fully saturated rings. The van der Waals surface area contributed by atoms with Crippen molar-refractivity contribution in [3.63, 3.8) is 0 Å². The lowest BCUT2D eigenvalue weighted by molar-refractivity contribution is 0.0597. The number of hydrogen-bond donors (Lipinski definition) is 2. The van der Waals surface area contributed by atoms with Crippen molar-refractivity contribution in [3.05, 3.63) is 49.6 Å². The van der Waals surface area contributed by atoms with Gasteiger partial charge in [-0.15, -0.1) is 0 Å². The fourth-order valence-corrected chi connectivity index (χ4v) is 6.06. The van der Waals surface area contributed by atoms with Crippen LogP contribution in [-0.4, -0.2) is 41.1 Å². The molecule has 3 rings (SSSR count). The number of hydrogen-bond acceptors (Lipinski definition) is 6. The molecular formula is C23H29FIN3O6S. The summed E-state index contributed by atoms with van der Waals surface area (Å²) in [7, 11) is -2.85. The van der Waals surface area contributed by atoms with Gasteiger partial charge in [-0.3, -0.25) is 14.1 Å². The highest BCUT2D eigenvalue weighted by molar-refractivity contribution is 14.1. The molecule has 1 aromatic carbocycles. The summed E-state index contributed by atoms with van der Waals surface area (Å²) in [5.41, 5.74) is -1.27. The lowest BCUT2D eigenvalue weighted by Gasteiger charge is -2.31. The Bertz CT molecular complexity index is 1320. The number of aliphatic hydroxyl groups is 1. The number of amides is 1. The maximum atomic E-state index is 14.6. The number of anilines is 3. The number of rotatable bonds is 7. The second-order valence-electron chi connectivity index (χ2n) is 9.60. The van der Waals surface area contributed by atoms with Crippen LogP contribution in [0.2, 0.25) is 0 Å². The molecule has 35 heavy (non-hydrogen) atoms. The van der Waals surface area contributed by atoms with E-state index in [0.29, 0.717) is 24.1 Å². The zero-order valence-corrected chi connectivity index (χ0v) is 23.2. The number of aromatic nitrogens is 1. The summed E-state index contributed by atoms with van der Waals surface area (Å²) in [5, 5.41) is 9.35. The number of pyridine rings is 1. The smallest absolute Gasteiger partial charge is 0.420 e. The van der Waals surface area contributed by atoms with Crippen molar-refractivity contribution in [3.8, 4) is 0 Å². The van der Waals surface area contributed by atoms with Crippen molar-refractivity contribution in [2.24, 2.45) is 7.05 Å². The summed E-state index contributed by atoms with van der Waals surface area (Å²) >= 11 is 2.11. The van der Waals surface area contributed by atoms with E-state index < -0.39 is 37.8 Å². The zero-order valence-electron chi connectivity index (χ0n) is 20.2. The number of sulfonamides is 1. The van der Waals surface area contributed by atoms with Crippen molar-refractivity contribution in [1.82, 2.24) is 4.57 Å². The van der Waals surface area contributed by atoms with Gasteiger partial charge in [-0.05, 0) is 93.3 Å². The molecule has 2 N–H and O–H groups in total. The Morgan fingerprint density at radius 3 is 2.46 bits per heavy atom. The molecule has 1 aromatic heterocycles. The molecule has 1 heterocycles. The number of aliphatic hydroxyl groups excluding tert-OH is 1. The van der Waals surface area contributed by atoms with E-state index in [4.69, 9.17) is 4.74 Å².